The molecule has 0 aliphatic rings. The molecule has 43 heavy (non-hydrogen) atoms. The third-order valence-electron chi connectivity index (χ3n) is 6.09. The van der Waals surface area contributed by atoms with Crippen LogP contribution in [0.2, 0.25) is 0 Å². The fourth-order valence-electron chi connectivity index (χ4n) is 4.36. The van der Waals surface area contributed by atoms with Crippen molar-refractivity contribution >= 4 is 61.2 Å². The molecule has 0 fully saturated rings. The second kappa shape index (κ2) is 20.9. The van der Waals surface area contributed by atoms with Gasteiger partial charge in [0.15, 0.2) is 0 Å². The van der Waals surface area contributed by atoms with Gasteiger partial charge in [-0.15, -0.1) is 0 Å². The van der Waals surface area contributed by atoms with Gasteiger partial charge in [0.05, 0.1) is 0 Å². The van der Waals surface area contributed by atoms with Crippen LogP contribution in [0.3, 0.4) is 0 Å². The smallest absolute Gasteiger partial charge is 1.00 e. The van der Waals surface area contributed by atoms with Gasteiger partial charge in [-0.2, -0.15) is 0 Å². The first kappa shape index (κ1) is 35.3. The van der Waals surface area contributed by atoms with E-state index in [1.54, 1.807) is 0 Å². The summed E-state index contributed by atoms with van der Waals surface area (Å²) in [7, 11) is -0.892. The van der Waals surface area contributed by atoms with Crippen LogP contribution in [-0.4, -0.2) is 13.6 Å². The Morgan fingerprint density at radius 3 is 0.512 bits per heavy atom. The summed E-state index contributed by atoms with van der Waals surface area (Å²) in [5.41, 5.74) is 0. The normalized spacial score (nSPS) is 9.53. The molecule has 0 saturated heterocycles. The van der Waals surface area contributed by atoms with Crippen molar-refractivity contribution in [1.29, 1.82) is 0 Å². The van der Waals surface area contributed by atoms with Crippen molar-refractivity contribution in [2.75, 3.05) is 0 Å². The quantitative estimate of drug-likeness (QED) is 0.150. The second-order valence-corrected chi connectivity index (χ2v) is 13.1. The molecule has 0 spiro atoms. The Balaban J connectivity index is 0. The van der Waals surface area contributed by atoms with E-state index in [0.29, 0.717) is 0 Å². The van der Waals surface area contributed by atoms with Crippen LogP contribution in [0.1, 0.15) is 4.28 Å². The van der Waals surface area contributed by atoms with Crippen molar-refractivity contribution in [2.45, 2.75) is 0 Å². The van der Waals surface area contributed by atoms with Crippen LogP contribution in [0.15, 0.2) is 182 Å². The predicted molar refractivity (Wildman–Crippen MR) is 185 cm³/mol. The van der Waals surface area contributed by atoms with E-state index in [2.05, 4.69) is 196 Å². The maximum absolute atomic E-state index is 7.50. The zero-order valence-electron chi connectivity index (χ0n) is 26.4. The Hall–Kier alpha value is -3.86. The second-order valence-electron chi connectivity index (χ2n) is 8.68. The van der Waals surface area contributed by atoms with E-state index in [0.717, 1.165) is 0 Å². The molecule has 0 aromatic heterocycles. The van der Waals surface area contributed by atoms with Crippen molar-refractivity contribution in [3.8, 4) is 0 Å². The molecule has 5 heteroatoms. The minimum absolute atomic E-state index is 0. The summed E-state index contributed by atoms with van der Waals surface area (Å²) in [6.45, 7) is 9.00. The number of carbonyl (C=O) groups excluding carboxylic acids is 2. The molecule has 0 aliphatic heterocycles. The Labute approximate surface area is 275 Å². The van der Waals surface area contributed by atoms with Gasteiger partial charge in [0.1, 0.15) is 0 Å². The first-order valence-electron chi connectivity index (χ1n) is 13.2. The van der Waals surface area contributed by atoms with E-state index in [1.807, 2.05) is 0 Å². The Bertz CT molecular complexity index is 1230. The summed E-state index contributed by atoms with van der Waals surface area (Å²) in [6.07, 6.45) is 0. The molecule has 6 aromatic rings. The number of hydrogen-bond donors (Lipinski definition) is 0. The van der Waals surface area contributed by atoms with E-state index in [4.69, 9.17) is 9.59 Å². The summed E-state index contributed by atoms with van der Waals surface area (Å²) in [5.74, 6) is 0. The first-order valence-corrected chi connectivity index (χ1v) is 15.9. The van der Waals surface area contributed by atoms with Gasteiger partial charge in [-0.25, -0.2) is 0 Å². The van der Waals surface area contributed by atoms with Crippen LogP contribution in [0, 0.1) is 0 Å². The molecule has 0 heterocycles. The molecule has 0 unspecified atom stereocenters. The minimum atomic E-state index is -0.446. The zero-order valence-corrected chi connectivity index (χ0v) is 26.8. The fraction of sp³-hybridized carbons (Fsp3) is 0. The van der Waals surface area contributed by atoms with Crippen LogP contribution in [0.25, 0.3) is 0 Å². The molecule has 0 aliphatic carbocycles. The maximum atomic E-state index is 7.50. The summed E-state index contributed by atoms with van der Waals surface area (Å²) < 4.78 is 0. The minimum Gasteiger partial charge on any atom is -1.00 e. The summed E-state index contributed by atoms with van der Waals surface area (Å²) in [4.78, 5) is 15.0. The number of rotatable bonds is 6. The van der Waals surface area contributed by atoms with Crippen LogP contribution in [-0.2, 0) is 29.1 Å². The van der Waals surface area contributed by atoms with E-state index in [1.165, 1.54) is 31.8 Å². The van der Waals surface area contributed by atoms with E-state index in [-0.39, 0.29) is 23.8 Å². The zero-order chi connectivity index (χ0) is 29.8. The van der Waals surface area contributed by atoms with Crippen molar-refractivity contribution in [1.82, 2.24) is 0 Å². The largest absolute Gasteiger partial charge is 3.00 e. The van der Waals surface area contributed by atoms with Crippen LogP contribution >= 0.6 is 15.8 Å². The summed E-state index contributed by atoms with van der Waals surface area (Å²) in [6, 6.07) is 64.7. The molecule has 6 rings (SSSR count). The van der Waals surface area contributed by atoms with Gasteiger partial charge in [0.2, 0.25) is 0 Å². The molecule has 0 amide bonds. The molecule has 0 saturated carbocycles. The fourth-order valence-corrected chi connectivity index (χ4v) is 8.97. The molecule has 4 radical (unpaired) electrons. The third-order valence-corrected chi connectivity index (χ3v) is 11.0. The SMILES string of the molecule is [C]=O.[C]=O.[H-].[H-].[H-].[Rh+3].c1ccc(P(c2ccccc2)c2ccccc2)cc1.c1ccc(P(c2ccccc2)c2ccccc2)cc1. The average molecular weight is 687 g/mol. The van der Waals surface area contributed by atoms with Gasteiger partial charge in [0.25, 0.3) is 13.6 Å². The van der Waals surface area contributed by atoms with Gasteiger partial charge in [-0.05, 0) is 47.7 Å². The van der Waals surface area contributed by atoms with E-state index < -0.39 is 15.8 Å². The van der Waals surface area contributed by atoms with E-state index >= 15 is 0 Å². The maximum Gasteiger partial charge on any atom is 3.00 e. The van der Waals surface area contributed by atoms with Crippen molar-refractivity contribution in [3.63, 3.8) is 0 Å². The molecule has 2 nitrogen and oxygen atoms in total. The van der Waals surface area contributed by atoms with Crippen LogP contribution < -0.4 is 31.8 Å². The monoisotopic (exact) mass is 686 g/mol. The first-order chi connectivity index (χ1) is 20.9. The Morgan fingerprint density at radius 2 is 0.395 bits per heavy atom. The van der Waals surface area contributed by atoms with Crippen LogP contribution in [0.5, 0.6) is 0 Å². The molecule has 0 atom stereocenters. The number of hydrogen-bond acceptors (Lipinski definition) is 2. The Morgan fingerprint density at radius 1 is 0.279 bits per heavy atom. The molecule has 216 valence electrons. The van der Waals surface area contributed by atoms with Crippen molar-refractivity contribution in [2.24, 2.45) is 0 Å². The molecular formula is C38H33O2P2Rh. The molecule has 6 aromatic carbocycles. The Kier molecular flexibility index (Phi) is 17.2. The van der Waals surface area contributed by atoms with Crippen molar-refractivity contribution in [3.05, 3.63) is 182 Å². The van der Waals surface area contributed by atoms with Gasteiger partial charge in [-0.1, -0.05) is 182 Å². The number of benzene rings is 6. The van der Waals surface area contributed by atoms with Crippen LogP contribution in [0.4, 0.5) is 0 Å². The molecule has 0 N–H and O–H groups in total. The summed E-state index contributed by atoms with van der Waals surface area (Å²) >= 11 is 0. The van der Waals surface area contributed by atoms with Crippen molar-refractivity contribution < 1.29 is 33.3 Å². The van der Waals surface area contributed by atoms with Gasteiger partial charge in [0, 0.05) is 0 Å². The van der Waals surface area contributed by atoms with Gasteiger partial charge < -0.3 is 4.28 Å². The van der Waals surface area contributed by atoms with Gasteiger partial charge >= 0.3 is 19.5 Å². The molecule has 0 bridgehead atoms. The summed E-state index contributed by atoms with van der Waals surface area (Å²) in [5, 5.41) is 8.39. The average Bonchev–Trinajstić information content (AvgIpc) is 3.10. The third kappa shape index (κ3) is 10.7. The molecular weight excluding hydrogens is 653 g/mol. The van der Waals surface area contributed by atoms with E-state index in [9.17, 15) is 0 Å². The predicted octanol–water partition coefficient (Wildman–Crippen LogP) is 6.43. The van der Waals surface area contributed by atoms with Gasteiger partial charge in [-0.3, -0.25) is 9.59 Å². The standard InChI is InChI=1S/2C18H15P.2CO.Rh.3H/c2*1-4-10-16(11-5-1)19(17-12-6-2-7-13-17)18-14-8-3-9-15-18;2*1-2;;;;/h2*1-15H;;;;;;/q;;;;+3;3*-1. The topological polar surface area (TPSA) is 34.1 Å².